The molecule has 3 rings (SSSR count). The molecule has 1 atom stereocenters. The lowest BCUT2D eigenvalue weighted by Crippen LogP contribution is -2.45. The molecule has 0 fully saturated rings. The van der Waals surface area contributed by atoms with Crippen LogP contribution < -0.4 is 10.1 Å². The van der Waals surface area contributed by atoms with E-state index < -0.39 is 23.7 Å². The molecule has 31 heavy (non-hydrogen) atoms. The van der Waals surface area contributed by atoms with E-state index in [4.69, 9.17) is 14.2 Å². The Morgan fingerprint density at radius 3 is 2.45 bits per heavy atom. The highest BCUT2D eigenvalue weighted by molar-refractivity contribution is 5.83. The van der Waals surface area contributed by atoms with E-state index in [2.05, 4.69) is 10.3 Å². The maximum Gasteiger partial charge on any atom is 0.408 e. The molecule has 0 saturated heterocycles. The van der Waals surface area contributed by atoms with Gasteiger partial charge in [-0.1, -0.05) is 24.3 Å². The van der Waals surface area contributed by atoms with Gasteiger partial charge in [-0.15, -0.1) is 0 Å². The zero-order valence-electron chi connectivity index (χ0n) is 18.0. The van der Waals surface area contributed by atoms with E-state index in [-0.39, 0.29) is 6.42 Å². The summed E-state index contributed by atoms with van der Waals surface area (Å²) >= 11 is 0. The second kappa shape index (κ2) is 9.47. The predicted molar refractivity (Wildman–Crippen MR) is 117 cm³/mol. The number of rotatable bonds is 6. The highest BCUT2D eigenvalue weighted by Crippen LogP contribution is 2.23. The summed E-state index contributed by atoms with van der Waals surface area (Å²) in [6.45, 7) is 5.27. The molecular weight excluding hydrogens is 396 g/mol. The normalized spacial score (nSPS) is 12.1. The van der Waals surface area contributed by atoms with Crippen molar-refractivity contribution in [3.63, 3.8) is 0 Å². The van der Waals surface area contributed by atoms with Crippen molar-refractivity contribution in [1.29, 1.82) is 0 Å². The van der Waals surface area contributed by atoms with Crippen LogP contribution in [0.3, 0.4) is 0 Å². The first-order valence-electron chi connectivity index (χ1n) is 9.93. The fourth-order valence-corrected chi connectivity index (χ4v) is 2.97. The van der Waals surface area contributed by atoms with Crippen LogP contribution in [0.2, 0.25) is 0 Å². The predicted octanol–water partition coefficient (Wildman–Crippen LogP) is 4.64. The second-order valence-corrected chi connectivity index (χ2v) is 8.02. The van der Waals surface area contributed by atoms with Crippen molar-refractivity contribution in [2.45, 2.75) is 38.8 Å². The largest absolute Gasteiger partial charge is 0.467 e. The van der Waals surface area contributed by atoms with E-state index >= 15 is 0 Å². The summed E-state index contributed by atoms with van der Waals surface area (Å²) in [5, 5.41) is 3.47. The molecule has 2 aromatic carbocycles. The number of pyridine rings is 1. The Kier molecular flexibility index (Phi) is 6.74. The highest BCUT2D eigenvalue weighted by atomic mass is 16.6. The van der Waals surface area contributed by atoms with Crippen LogP contribution in [0.4, 0.5) is 4.79 Å². The van der Waals surface area contributed by atoms with E-state index in [1.165, 1.54) is 7.11 Å². The molecule has 1 heterocycles. The molecule has 0 saturated carbocycles. The van der Waals surface area contributed by atoms with Crippen molar-refractivity contribution in [3.05, 3.63) is 66.2 Å². The number of carbonyl (C=O) groups excluding carboxylic acids is 2. The van der Waals surface area contributed by atoms with E-state index in [0.717, 1.165) is 16.5 Å². The number of ether oxygens (including phenoxy) is 3. The number of amides is 1. The van der Waals surface area contributed by atoms with Crippen LogP contribution >= 0.6 is 0 Å². The van der Waals surface area contributed by atoms with Gasteiger partial charge in [-0.05, 0) is 56.7 Å². The van der Waals surface area contributed by atoms with E-state index in [0.29, 0.717) is 11.6 Å². The van der Waals surface area contributed by atoms with Crippen LogP contribution in [0.15, 0.2) is 60.7 Å². The maximum atomic E-state index is 12.2. The lowest BCUT2D eigenvalue weighted by atomic mass is 10.0. The topological polar surface area (TPSA) is 86.8 Å². The molecular formula is C24H26N2O5. The lowest BCUT2D eigenvalue weighted by Gasteiger charge is -2.22. The number of alkyl carbamates (subject to hydrolysis) is 1. The van der Waals surface area contributed by atoms with Crippen molar-refractivity contribution in [2.75, 3.05) is 7.11 Å². The second-order valence-electron chi connectivity index (χ2n) is 8.02. The Morgan fingerprint density at radius 2 is 1.77 bits per heavy atom. The molecule has 1 amide bonds. The van der Waals surface area contributed by atoms with Gasteiger partial charge in [0.2, 0.25) is 5.88 Å². The highest BCUT2D eigenvalue weighted by Gasteiger charge is 2.25. The van der Waals surface area contributed by atoms with Gasteiger partial charge in [0.15, 0.2) is 0 Å². The van der Waals surface area contributed by atoms with Crippen molar-refractivity contribution in [3.8, 4) is 11.6 Å². The molecule has 7 nitrogen and oxygen atoms in total. The molecule has 3 aromatic rings. The fraction of sp³-hybridized carbons (Fsp3) is 0.292. The average molecular weight is 422 g/mol. The summed E-state index contributed by atoms with van der Waals surface area (Å²) in [6, 6.07) is 17.9. The van der Waals surface area contributed by atoms with Gasteiger partial charge in [0.25, 0.3) is 0 Å². The summed E-state index contributed by atoms with van der Waals surface area (Å²) in [4.78, 5) is 28.8. The molecule has 0 aliphatic carbocycles. The molecule has 0 aliphatic rings. The Hall–Kier alpha value is -3.61. The molecule has 162 valence electrons. The summed E-state index contributed by atoms with van der Waals surface area (Å²) in [5.74, 6) is 0.654. The number of fused-ring (bicyclic) bond motifs is 1. The zero-order chi connectivity index (χ0) is 22.4. The first kappa shape index (κ1) is 22.1. The SMILES string of the molecule is COC(=O)[C@H](Cc1ccc2nc(Oc3ccccc3)ccc2c1)NC(=O)OC(C)(C)C. The van der Waals surface area contributed by atoms with E-state index in [1.54, 1.807) is 26.8 Å². The van der Waals surface area contributed by atoms with Crippen LogP contribution in [-0.2, 0) is 20.7 Å². The van der Waals surface area contributed by atoms with Crippen molar-refractivity contribution in [2.24, 2.45) is 0 Å². The van der Waals surface area contributed by atoms with Gasteiger partial charge >= 0.3 is 12.1 Å². The molecule has 0 radical (unpaired) electrons. The third kappa shape index (κ3) is 6.44. The van der Waals surface area contributed by atoms with E-state index in [1.807, 2.05) is 54.6 Å². The van der Waals surface area contributed by atoms with Gasteiger partial charge in [-0.2, -0.15) is 0 Å². The number of nitrogens with one attached hydrogen (secondary N) is 1. The number of hydrogen-bond acceptors (Lipinski definition) is 6. The molecule has 0 bridgehead atoms. The minimum Gasteiger partial charge on any atom is -0.467 e. The van der Waals surface area contributed by atoms with Crippen LogP contribution in [0.5, 0.6) is 11.6 Å². The van der Waals surface area contributed by atoms with Crippen LogP contribution in [0.1, 0.15) is 26.3 Å². The quantitative estimate of drug-likeness (QED) is 0.583. The molecule has 0 spiro atoms. The molecule has 0 unspecified atom stereocenters. The molecule has 1 aromatic heterocycles. The lowest BCUT2D eigenvalue weighted by molar-refractivity contribution is -0.143. The fourth-order valence-electron chi connectivity index (χ4n) is 2.97. The Balaban J connectivity index is 1.75. The van der Waals surface area contributed by atoms with Crippen molar-refractivity contribution >= 4 is 23.0 Å². The summed E-state index contributed by atoms with van der Waals surface area (Å²) in [6.07, 6.45) is -0.419. The van der Waals surface area contributed by atoms with E-state index in [9.17, 15) is 9.59 Å². The number of aromatic nitrogens is 1. The minimum absolute atomic E-state index is 0.254. The maximum absolute atomic E-state index is 12.2. The Morgan fingerprint density at radius 1 is 1.03 bits per heavy atom. The third-order valence-electron chi connectivity index (χ3n) is 4.31. The summed E-state index contributed by atoms with van der Waals surface area (Å²) in [5.41, 5.74) is 0.934. The number of carbonyl (C=O) groups is 2. The number of hydrogen-bond donors (Lipinski definition) is 1. The minimum atomic E-state index is -0.869. The van der Waals surface area contributed by atoms with Crippen molar-refractivity contribution in [1.82, 2.24) is 10.3 Å². The first-order valence-corrected chi connectivity index (χ1v) is 9.93. The molecule has 1 N–H and O–H groups in total. The Bertz CT molecular complexity index is 1060. The van der Waals surface area contributed by atoms with Crippen molar-refractivity contribution < 1.29 is 23.8 Å². The number of esters is 1. The smallest absolute Gasteiger partial charge is 0.408 e. The van der Waals surface area contributed by atoms with Gasteiger partial charge < -0.3 is 19.5 Å². The number of para-hydroxylation sites is 1. The molecule has 0 aliphatic heterocycles. The summed E-state index contributed by atoms with van der Waals surface area (Å²) < 4.78 is 15.9. The number of nitrogens with zero attached hydrogens (tertiary/aromatic N) is 1. The standard InChI is InChI=1S/C24H26N2O5/c1-24(2,3)31-23(28)26-20(22(27)29-4)15-16-10-12-19-17(14-16)11-13-21(25-19)30-18-8-6-5-7-9-18/h5-14,20H,15H2,1-4H3,(H,26,28)/t20-/m0/s1. The van der Waals surface area contributed by atoms with Gasteiger partial charge in [-0.3, -0.25) is 0 Å². The number of benzene rings is 2. The molecule has 7 heteroatoms. The van der Waals surface area contributed by atoms with Gasteiger partial charge in [0.1, 0.15) is 17.4 Å². The van der Waals surface area contributed by atoms with Crippen LogP contribution in [0.25, 0.3) is 10.9 Å². The average Bonchev–Trinajstić information content (AvgIpc) is 2.72. The zero-order valence-corrected chi connectivity index (χ0v) is 18.0. The third-order valence-corrected chi connectivity index (χ3v) is 4.31. The van der Waals surface area contributed by atoms with Gasteiger partial charge in [0.05, 0.1) is 12.6 Å². The Labute approximate surface area is 181 Å². The van der Waals surface area contributed by atoms with Gasteiger partial charge in [0, 0.05) is 17.9 Å². The first-order chi connectivity index (χ1) is 14.7. The monoisotopic (exact) mass is 422 g/mol. The van der Waals surface area contributed by atoms with Crippen LogP contribution in [-0.4, -0.2) is 35.8 Å². The van der Waals surface area contributed by atoms with Gasteiger partial charge in [-0.25, -0.2) is 14.6 Å². The number of methoxy groups -OCH3 is 1. The van der Waals surface area contributed by atoms with Crippen LogP contribution in [0, 0.1) is 0 Å². The summed E-state index contributed by atoms with van der Waals surface area (Å²) in [7, 11) is 1.28.